The molecule has 1 aromatic heterocycles. The van der Waals surface area contributed by atoms with Crippen LogP contribution in [0.3, 0.4) is 0 Å². The van der Waals surface area contributed by atoms with Gasteiger partial charge in [0.25, 0.3) is 11.8 Å². The predicted molar refractivity (Wildman–Crippen MR) is 116 cm³/mol. The first-order valence-electron chi connectivity index (χ1n) is 10.3. The van der Waals surface area contributed by atoms with Gasteiger partial charge in [-0.15, -0.1) is 10.2 Å². The third-order valence-electron chi connectivity index (χ3n) is 5.32. The number of nitrogens with zero attached hydrogens (tertiary/aromatic N) is 4. The van der Waals surface area contributed by atoms with E-state index in [1.807, 2.05) is 4.90 Å². The molecule has 7 nitrogen and oxygen atoms in total. The molecule has 176 valence electrons. The number of aromatic nitrogens is 2. The third-order valence-corrected chi connectivity index (χ3v) is 5.32. The minimum atomic E-state index is -4.62. The van der Waals surface area contributed by atoms with Gasteiger partial charge in [-0.25, -0.2) is 4.39 Å². The number of halogens is 4. The summed E-state index contributed by atoms with van der Waals surface area (Å²) >= 11 is 0. The highest BCUT2D eigenvalue weighted by Gasteiger charge is 2.36. The molecule has 4 rings (SSSR count). The fourth-order valence-electron chi connectivity index (χ4n) is 3.60. The van der Waals surface area contributed by atoms with Crippen LogP contribution in [0.4, 0.5) is 29.1 Å². The molecule has 1 fully saturated rings. The van der Waals surface area contributed by atoms with Crippen molar-refractivity contribution in [3.8, 4) is 0 Å². The summed E-state index contributed by atoms with van der Waals surface area (Å²) in [6.07, 6.45) is -4.62. The summed E-state index contributed by atoms with van der Waals surface area (Å²) in [6.45, 7) is 1.08. The molecule has 2 amide bonds. The number of anilines is 2. The van der Waals surface area contributed by atoms with Crippen molar-refractivity contribution in [2.24, 2.45) is 0 Å². The summed E-state index contributed by atoms with van der Waals surface area (Å²) in [4.78, 5) is 28.2. The summed E-state index contributed by atoms with van der Waals surface area (Å²) in [5.41, 5.74) is -1.02. The zero-order chi connectivity index (χ0) is 24.3. The van der Waals surface area contributed by atoms with Crippen LogP contribution in [0.1, 0.15) is 26.4 Å². The monoisotopic (exact) mass is 473 g/mol. The van der Waals surface area contributed by atoms with Gasteiger partial charge in [0.15, 0.2) is 11.5 Å². The van der Waals surface area contributed by atoms with Crippen molar-refractivity contribution in [2.75, 3.05) is 36.4 Å². The molecule has 0 bridgehead atoms. The first-order chi connectivity index (χ1) is 16.2. The zero-order valence-electron chi connectivity index (χ0n) is 17.7. The Morgan fingerprint density at radius 3 is 2.26 bits per heavy atom. The zero-order valence-corrected chi connectivity index (χ0v) is 17.7. The predicted octanol–water partition coefficient (Wildman–Crippen LogP) is 3.85. The molecule has 2 heterocycles. The Morgan fingerprint density at radius 2 is 1.62 bits per heavy atom. The highest BCUT2D eigenvalue weighted by Crippen LogP contribution is 2.32. The second-order valence-electron chi connectivity index (χ2n) is 7.56. The number of hydrogen-bond donors (Lipinski definition) is 1. The van der Waals surface area contributed by atoms with E-state index in [1.165, 1.54) is 53.4 Å². The number of amides is 2. The number of hydrogen-bond acceptors (Lipinski definition) is 5. The van der Waals surface area contributed by atoms with Gasteiger partial charge < -0.3 is 15.1 Å². The molecule has 1 aliphatic rings. The second kappa shape index (κ2) is 9.46. The van der Waals surface area contributed by atoms with E-state index in [-0.39, 0.29) is 30.0 Å². The number of nitrogens with one attached hydrogen (secondary N) is 1. The lowest BCUT2D eigenvalue weighted by atomic mass is 10.1. The van der Waals surface area contributed by atoms with E-state index in [9.17, 15) is 27.2 Å². The van der Waals surface area contributed by atoms with Gasteiger partial charge in [-0.05, 0) is 42.5 Å². The van der Waals surface area contributed by atoms with Gasteiger partial charge in [-0.1, -0.05) is 18.2 Å². The lowest BCUT2D eigenvalue weighted by molar-refractivity contribution is -0.138. The van der Waals surface area contributed by atoms with Crippen LogP contribution in [0.25, 0.3) is 0 Å². The fraction of sp³-hybridized carbons (Fsp3) is 0.217. The Morgan fingerprint density at radius 1 is 0.882 bits per heavy atom. The normalized spacial score (nSPS) is 14.1. The number of carbonyl (C=O) groups is 2. The largest absolute Gasteiger partial charge is 0.417 e. The molecule has 0 saturated carbocycles. The molecule has 0 unspecified atom stereocenters. The van der Waals surface area contributed by atoms with Crippen LogP contribution >= 0.6 is 0 Å². The molecule has 1 N–H and O–H groups in total. The van der Waals surface area contributed by atoms with Crippen molar-refractivity contribution in [3.63, 3.8) is 0 Å². The van der Waals surface area contributed by atoms with Crippen molar-refractivity contribution in [1.29, 1.82) is 0 Å². The maximum Gasteiger partial charge on any atom is 0.417 e. The van der Waals surface area contributed by atoms with E-state index in [2.05, 4.69) is 15.5 Å². The maximum atomic E-state index is 13.3. The molecule has 11 heteroatoms. The van der Waals surface area contributed by atoms with Crippen LogP contribution in [0.5, 0.6) is 0 Å². The first kappa shape index (κ1) is 23.1. The molecule has 3 aromatic rings. The Kier molecular flexibility index (Phi) is 6.44. The highest BCUT2D eigenvalue weighted by atomic mass is 19.4. The van der Waals surface area contributed by atoms with Crippen LogP contribution in [-0.4, -0.2) is 53.1 Å². The molecule has 0 aliphatic carbocycles. The van der Waals surface area contributed by atoms with E-state index in [0.29, 0.717) is 18.9 Å². The Balaban J connectivity index is 1.37. The molecule has 0 spiro atoms. The molecular weight excluding hydrogens is 454 g/mol. The number of piperazine rings is 1. The Hall–Kier alpha value is -4.02. The molecule has 1 aliphatic heterocycles. The van der Waals surface area contributed by atoms with Crippen LogP contribution in [0.15, 0.2) is 60.7 Å². The average Bonchev–Trinajstić information content (AvgIpc) is 2.83. The van der Waals surface area contributed by atoms with Gasteiger partial charge in [0, 0.05) is 31.9 Å². The summed E-state index contributed by atoms with van der Waals surface area (Å²) in [5.74, 6) is -1.25. The molecule has 0 atom stereocenters. The van der Waals surface area contributed by atoms with Crippen LogP contribution in [0.2, 0.25) is 0 Å². The Labute approximate surface area is 192 Å². The van der Waals surface area contributed by atoms with Crippen LogP contribution in [0, 0.1) is 5.82 Å². The maximum absolute atomic E-state index is 13.3. The second-order valence-corrected chi connectivity index (χ2v) is 7.56. The fourth-order valence-corrected chi connectivity index (χ4v) is 3.60. The van der Waals surface area contributed by atoms with Gasteiger partial charge in [0.05, 0.1) is 11.1 Å². The first-order valence-corrected chi connectivity index (χ1v) is 10.3. The number of benzene rings is 2. The van der Waals surface area contributed by atoms with Crippen LogP contribution < -0.4 is 10.2 Å². The molecule has 1 saturated heterocycles. The van der Waals surface area contributed by atoms with Gasteiger partial charge in [-0.2, -0.15) is 13.2 Å². The minimum absolute atomic E-state index is 0.0329. The minimum Gasteiger partial charge on any atom is -0.352 e. The highest BCUT2D eigenvalue weighted by molar-refractivity contribution is 6.02. The lowest BCUT2D eigenvalue weighted by Gasteiger charge is -2.35. The summed E-state index contributed by atoms with van der Waals surface area (Å²) in [6, 6.07) is 13.2. The third kappa shape index (κ3) is 5.13. The Bertz CT molecular complexity index is 1190. The van der Waals surface area contributed by atoms with Gasteiger partial charge in [0.1, 0.15) is 5.82 Å². The van der Waals surface area contributed by atoms with Gasteiger partial charge in [-0.3, -0.25) is 9.59 Å². The van der Waals surface area contributed by atoms with E-state index >= 15 is 0 Å². The van der Waals surface area contributed by atoms with Gasteiger partial charge >= 0.3 is 6.18 Å². The standard InChI is InChI=1S/C23H19F4N5O2/c24-15-4-3-5-16(14-15)28-21(33)19-8-9-20(30-29-19)31-10-12-32(13-11-31)22(34)17-6-1-2-7-18(17)23(25,26)27/h1-9,14H,10-13H2,(H,28,33). The van der Waals surface area contributed by atoms with E-state index < -0.39 is 29.4 Å². The van der Waals surface area contributed by atoms with E-state index in [4.69, 9.17) is 0 Å². The smallest absolute Gasteiger partial charge is 0.352 e. The van der Waals surface area contributed by atoms with Crippen LogP contribution in [-0.2, 0) is 6.18 Å². The average molecular weight is 473 g/mol. The number of rotatable bonds is 4. The topological polar surface area (TPSA) is 78.4 Å². The lowest BCUT2D eigenvalue weighted by Crippen LogP contribution is -2.49. The number of alkyl halides is 3. The quantitative estimate of drug-likeness (QED) is 0.583. The number of carbonyl (C=O) groups excluding carboxylic acids is 2. The van der Waals surface area contributed by atoms with Crippen molar-refractivity contribution in [1.82, 2.24) is 15.1 Å². The molecule has 0 radical (unpaired) electrons. The van der Waals surface area contributed by atoms with Crippen molar-refractivity contribution >= 4 is 23.3 Å². The summed E-state index contributed by atoms with van der Waals surface area (Å²) in [7, 11) is 0. The van der Waals surface area contributed by atoms with E-state index in [1.54, 1.807) is 6.07 Å². The molecular formula is C23H19F4N5O2. The summed E-state index contributed by atoms with van der Waals surface area (Å²) < 4.78 is 53.0. The summed E-state index contributed by atoms with van der Waals surface area (Å²) in [5, 5.41) is 10.5. The van der Waals surface area contributed by atoms with Crippen molar-refractivity contribution < 1.29 is 27.2 Å². The SMILES string of the molecule is O=C(Nc1cccc(F)c1)c1ccc(N2CCN(C(=O)c3ccccc3C(F)(F)F)CC2)nn1. The van der Waals surface area contributed by atoms with Crippen molar-refractivity contribution in [2.45, 2.75) is 6.18 Å². The molecule has 34 heavy (non-hydrogen) atoms. The van der Waals surface area contributed by atoms with Gasteiger partial charge in [0.2, 0.25) is 0 Å². The van der Waals surface area contributed by atoms with E-state index in [0.717, 1.165) is 6.07 Å². The van der Waals surface area contributed by atoms with Crippen molar-refractivity contribution in [3.05, 3.63) is 83.3 Å². The molecule has 2 aromatic carbocycles.